The normalized spacial score (nSPS) is 12.6. The molecule has 0 saturated carbocycles. The molecule has 64 heavy (non-hydrogen) atoms. The maximum Gasteiger partial charge on any atom is 0.373 e. The third kappa shape index (κ3) is 29.7. The fraction of sp³-hybridized carbons (Fsp3) is 0.640. The van der Waals surface area contributed by atoms with E-state index in [-0.39, 0.29) is 74.4 Å². The lowest BCUT2D eigenvalue weighted by Gasteiger charge is -2.33. The van der Waals surface area contributed by atoms with Crippen LogP contribution >= 0.6 is 0 Å². The summed E-state index contributed by atoms with van der Waals surface area (Å²) in [5.41, 5.74) is 0.942. The molecule has 0 amide bonds. The van der Waals surface area contributed by atoms with E-state index in [9.17, 15) is 24.0 Å². The van der Waals surface area contributed by atoms with Gasteiger partial charge in [-0.1, -0.05) is 82.3 Å². The highest BCUT2D eigenvalue weighted by Gasteiger charge is 2.26. The Kier molecular flexibility index (Phi) is 24.8. The number of nitrogens with zero attached hydrogens (tertiary/aromatic N) is 3. The van der Waals surface area contributed by atoms with Gasteiger partial charge in [0.2, 0.25) is 0 Å². The average Bonchev–Trinajstić information content (AvgIpc) is 3.13. The van der Waals surface area contributed by atoms with Gasteiger partial charge in [0.05, 0.1) is 32.8 Å². The zero-order chi connectivity index (χ0) is 48.7. The Hall–Kier alpha value is -4.59. The van der Waals surface area contributed by atoms with Gasteiger partial charge in [-0.2, -0.15) is 9.59 Å². The Bertz CT molecular complexity index is 1730. The fourth-order valence-electron chi connectivity index (χ4n) is 6.51. The van der Waals surface area contributed by atoms with Gasteiger partial charge in [-0.3, -0.25) is 38.7 Å². The molecule has 0 N–H and O–H groups in total. The standard InChI is InChI=1S/C49H77N3O9.CO2/c1-37(29-39-17-15-14-16-18-39)42(54)35-58-34-40-21-19-38(20-22-40)23-24-41(53)30-50(26-28-52(36-46(2,3)4)33-45(57)61-49(11,12)13)25-27-51(31-43(55)59-47(5,6)7)32-44(56)60-48(8,9)10;2-1-3/h14-22,37H,23-36H2,1-13H3;/t37-;/m1./s1. The molecule has 0 aliphatic carbocycles. The van der Waals surface area contributed by atoms with E-state index in [2.05, 4.69) is 25.7 Å². The Labute approximate surface area is 382 Å². The van der Waals surface area contributed by atoms with Gasteiger partial charge in [0, 0.05) is 45.1 Å². The number of benzene rings is 2. The van der Waals surface area contributed by atoms with Crippen LogP contribution in [0.25, 0.3) is 0 Å². The molecule has 0 saturated heterocycles. The quantitative estimate of drug-likeness (QED) is 0.0778. The van der Waals surface area contributed by atoms with Gasteiger partial charge in [0.1, 0.15) is 29.2 Å². The molecule has 2 rings (SSSR count). The summed E-state index contributed by atoms with van der Waals surface area (Å²) < 4.78 is 22.6. The Balaban J connectivity index is 0.00000662. The van der Waals surface area contributed by atoms with Crippen molar-refractivity contribution in [1.82, 2.24) is 14.7 Å². The molecule has 0 spiro atoms. The van der Waals surface area contributed by atoms with E-state index in [0.717, 1.165) is 16.7 Å². The molecule has 0 bridgehead atoms. The van der Waals surface area contributed by atoms with Crippen molar-refractivity contribution in [2.45, 2.75) is 133 Å². The summed E-state index contributed by atoms with van der Waals surface area (Å²) in [5, 5.41) is 0. The molecule has 14 heteroatoms. The predicted molar refractivity (Wildman–Crippen MR) is 245 cm³/mol. The number of aryl methyl sites for hydroxylation is 1. The molecule has 1 atom stereocenters. The smallest absolute Gasteiger partial charge is 0.373 e. The van der Waals surface area contributed by atoms with Crippen molar-refractivity contribution in [2.24, 2.45) is 11.3 Å². The van der Waals surface area contributed by atoms with E-state index in [1.54, 1.807) is 46.4 Å². The van der Waals surface area contributed by atoms with Crippen LogP contribution in [0.3, 0.4) is 0 Å². The van der Waals surface area contributed by atoms with Gasteiger partial charge in [0.15, 0.2) is 5.78 Å². The van der Waals surface area contributed by atoms with Crippen LogP contribution in [0.5, 0.6) is 0 Å². The topological polar surface area (TPSA) is 166 Å². The molecule has 0 aliphatic heterocycles. The monoisotopic (exact) mass is 896 g/mol. The molecular weight excluding hydrogens is 819 g/mol. The predicted octanol–water partition coefficient (Wildman–Crippen LogP) is 6.55. The van der Waals surface area contributed by atoms with Crippen molar-refractivity contribution in [3.63, 3.8) is 0 Å². The first-order valence-corrected chi connectivity index (χ1v) is 22.1. The number of Topliss-reactive ketones (excluding diaryl/α,β-unsaturated/α-hetero) is 2. The van der Waals surface area contributed by atoms with Gasteiger partial charge in [0.25, 0.3) is 0 Å². The van der Waals surface area contributed by atoms with Crippen molar-refractivity contribution in [3.05, 3.63) is 71.3 Å². The lowest BCUT2D eigenvalue weighted by molar-refractivity contribution is -0.192. The second kappa shape index (κ2) is 27.7. The number of hydrogen-bond donors (Lipinski definition) is 0. The zero-order valence-electron chi connectivity index (χ0n) is 41.0. The highest BCUT2D eigenvalue weighted by atomic mass is 16.6. The number of ketones is 2. The van der Waals surface area contributed by atoms with E-state index in [1.807, 2.05) is 87.2 Å². The van der Waals surface area contributed by atoms with E-state index in [4.69, 9.17) is 28.5 Å². The first kappa shape index (κ1) is 57.4. The molecule has 358 valence electrons. The fourth-order valence-corrected chi connectivity index (χ4v) is 6.51. The van der Waals surface area contributed by atoms with Gasteiger partial charge in [-0.05, 0) is 97.3 Å². The Morgan fingerprint density at radius 2 is 0.984 bits per heavy atom. The number of hydrogen-bond acceptors (Lipinski definition) is 14. The van der Waals surface area contributed by atoms with Crippen LogP contribution in [0.15, 0.2) is 54.6 Å². The van der Waals surface area contributed by atoms with Crippen molar-refractivity contribution < 1.29 is 52.5 Å². The van der Waals surface area contributed by atoms with Gasteiger partial charge >= 0.3 is 24.1 Å². The van der Waals surface area contributed by atoms with E-state index in [1.165, 1.54) is 0 Å². The van der Waals surface area contributed by atoms with Crippen LogP contribution in [0.4, 0.5) is 0 Å². The van der Waals surface area contributed by atoms with Crippen LogP contribution < -0.4 is 0 Å². The van der Waals surface area contributed by atoms with Crippen molar-refractivity contribution in [2.75, 3.05) is 65.5 Å². The molecule has 0 unspecified atom stereocenters. The number of esters is 3. The maximum absolute atomic E-state index is 13.6. The SMILES string of the molecule is C[C@H](Cc1ccccc1)C(=O)COCc1ccc(CCC(=O)CN(CCN(CC(=O)OC(C)(C)C)CC(=O)OC(C)(C)C)CCN(CC(=O)OC(C)(C)C)CC(C)(C)C)cc1.O=C=O. The minimum Gasteiger partial charge on any atom is -0.459 e. The molecular formula is C50H77N3O11. The second-order valence-corrected chi connectivity index (χ2v) is 20.5. The van der Waals surface area contributed by atoms with Gasteiger partial charge in [-0.25, -0.2) is 0 Å². The Morgan fingerprint density at radius 1 is 0.562 bits per heavy atom. The number of carbonyl (C=O) groups excluding carboxylic acids is 7. The van der Waals surface area contributed by atoms with Crippen molar-refractivity contribution in [1.29, 1.82) is 0 Å². The van der Waals surface area contributed by atoms with E-state index >= 15 is 0 Å². The molecule has 2 aromatic carbocycles. The summed E-state index contributed by atoms with van der Waals surface area (Å²) in [6.07, 6.45) is 1.78. The first-order chi connectivity index (χ1) is 29.6. The summed E-state index contributed by atoms with van der Waals surface area (Å²) in [6.45, 7) is 27.1. The third-order valence-electron chi connectivity index (χ3n) is 9.04. The molecule has 0 aliphatic rings. The van der Waals surface area contributed by atoms with E-state index < -0.39 is 28.7 Å². The minimum atomic E-state index is -0.701. The van der Waals surface area contributed by atoms with Gasteiger partial charge < -0.3 is 18.9 Å². The van der Waals surface area contributed by atoms with E-state index in [0.29, 0.717) is 52.0 Å². The highest BCUT2D eigenvalue weighted by molar-refractivity contribution is 5.82. The van der Waals surface area contributed by atoms with Crippen molar-refractivity contribution >= 4 is 35.6 Å². The summed E-state index contributed by atoms with van der Waals surface area (Å²) in [7, 11) is 0. The second-order valence-electron chi connectivity index (χ2n) is 20.5. The number of rotatable bonds is 25. The third-order valence-corrected chi connectivity index (χ3v) is 9.04. The largest absolute Gasteiger partial charge is 0.459 e. The highest BCUT2D eigenvalue weighted by Crippen LogP contribution is 2.17. The Morgan fingerprint density at radius 3 is 1.44 bits per heavy atom. The van der Waals surface area contributed by atoms with Crippen molar-refractivity contribution in [3.8, 4) is 0 Å². The lowest BCUT2D eigenvalue weighted by Crippen LogP contribution is -2.47. The lowest BCUT2D eigenvalue weighted by atomic mass is 9.96. The molecule has 0 aromatic heterocycles. The molecule has 14 nitrogen and oxygen atoms in total. The molecule has 0 radical (unpaired) electrons. The minimum absolute atomic E-state index is 0.0379. The van der Waals surface area contributed by atoms with Crippen LogP contribution in [-0.4, -0.2) is 133 Å². The van der Waals surface area contributed by atoms with Crippen LogP contribution in [-0.2, 0) is 72.0 Å². The molecule has 0 fully saturated rings. The van der Waals surface area contributed by atoms with Crippen LogP contribution in [0.2, 0.25) is 0 Å². The maximum atomic E-state index is 13.6. The van der Waals surface area contributed by atoms with Crippen LogP contribution in [0.1, 0.15) is 113 Å². The van der Waals surface area contributed by atoms with Crippen LogP contribution in [0, 0.1) is 11.3 Å². The number of carbonyl (C=O) groups is 5. The summed E-state index contributed by atoms with van der Waals surface area (Å²) in [4.78, 5) is 87.2. The van der Waals surface area contributed by atoms with Gasteiger partial charge in [-0.15, -0.1) is 0 Å². The first-order valence-electron chi connectivity index (χ1n) is 22.1. The molecule has 2 aromatic rings. The number of ether oxygens (including phenoxy) is 4. The summed E-state index contributed by atoms with van der Waals surface area (Å²) in [5.74, 6) is -1.28. The average molecular weight is 896 g/mol. The zero-order valence-corrected chi connectivity index (χ0v) is 41.0. The summed E-state index contributed by atoms with van der Waals surface area (Å²) in [6, 6.07) is 17.8. The molecule has 0 heterocycles. The summed E-state index contributed by atoms with van der Waals surface area (Å²) >= 11 is 0.